The van der Waals surface area contributed by atoms with Crippen LogP contribution >= 0.6 is 0 Å². The minimum absolute atomic E-state index is 0.438. The molecule has 2 heterocycles. The fourth-order valence-corrected chi connectivity index (χ4v) is 2.92. The Hall–Kier alpha value is -2.07. The van der Waals surface area contributed by atoms with Crippen molar-refractivity contribution in [3.05, 3.63) is 59.0 Å². The predicted octanol–water partition coefficient (Wildman–Crippen LogP) is 2.57. The van der Waals surface area contributed by atoms with Crippen LogP contribution in [0, 0.1) is 0 Å². The zero-order valence-electron chi connectivity index (χ0n) is 12.0. The van der Waals surface area contributed by atoms with Crippen molar-refractivity contribution in [2.75, 3.05) is 13.1 Å². The van der Waals surface area contributed by atoms with Gasteiger partial charge in [0.2, 0.25) is 0 Å². The zero-order chi connectivity index (χ0) is 14.7. The third-order valence-electron chi connectivity index (χ3n) is 3.97. The molecular weight excluding hydrogens is 264 g/mol. The highest BCUT2D eigenvalue weighted by atomic mass is 16.3. The topological polar surface area (TPSA) is 59.5 Å². The number of carbonyl (C=O) groups is 1. The van der Waals surface area contributed by atoms with E-state index in [1.165, 1.54) is 37.8 Å². The molecule has 1 saturated heterocycles. The molecule has 0 saturated carbocycles. The van der Waals surface area contributed by atoms with Gasteiger partial charge in [0.15, 0.2) is 0 Å². The number of rotatable bonds is 5. The average Bonchev–Trinajstić information content (AvgIpc) is 3.10. The van der Waals surface area contributed by atoms with Crippen molar-refractivity contribution in [3.63, 3.8) is 0 Å². The van der Waals surface area contributed by atoms with Gasteiger partial charge in [-0.05, 0) is 43.1 Å². The molecule has 2 aromatic rings. The van der Waals surface area contributed by atoms with Crippen molar-refractivity contribution in [1.82, 2.24) is 4.90 Å². The van der Waals surface area contributed by atoms with E-state index in [1.54, 1.807) is 6.07 Å². The molecule has 21 heavy (non-hydrogen) atoms. The summed E-state index contributed by atoms with van der Waals surface area (Å²) >= 11 is 0. The molecule has 0 bridgehead atoms. The van der Waals surface area contributed by atoms with E-state index in [-0.39, 0.29) is 0 Å². The van der Waals surface area contributed by atoms with Gasteiger partial charge in [0.1, 0.15) is 5.76 Å². The average molecular weight is 284 g/mol. The van der Waals surface area contributed by atoms with Crippen LogP contribution in [0.4, 0.5) is 0 Å². The van der Waals surface area contributed by atoms with Crippen molar-refractivity contribution in [1.29, 1.82) is 0 Å². The number of likely N-dealkylation sites (tertiary alicyclic amines) is 1. The maximum atomic E-state index is 11.3. The van der Waals surface area contributed by atoms with Crippen LogP contribution in [0.2, 0.25) is 0 Å². The molecule has 1 aromatic carbocycles. The Morgan fingerprint density at radius 1 is 1.19 bits per heavy atom. The van der Waals surface area contributed by atoms with Gasteiger partial charge in [0.25, 0.3) is 5.91 Å². The van der Waals surface area contributed by atoms with E-state index in [0.717, 1.165) is 12.1 Å². The lowest BCUT2D eigenvalue weighted by Gasteiger charge is -2.15. The fourth-order valence-electron chi connectivity index (χ4n) is 2.92. The highest BCUT2D eigenvalue weighted by Crippen LogP contribution is 2.18. The molecule has 1 aliphatic rings. The van der Waals surface area contributed by atoms with Gasteiger partial charge in [-0.2, -0.15) is 0 Å². The van der Waals surface area contributed by atoms with E-state index in [0.29, 0.717) is 17.7 Å². The number of nitrogens with two attached hydrogens (primary N) is 1. The van der Waals surface area contributed by atoms with Crippen molar-refractivity contribution in [3.8, 4) is 0 Å². The van der Waals surface area contributed by atoms with Crippen molar-refractivity contribution < 1.29 is 9.21 Å². The molecule has 0 aliphatic carbocycles. The summed E-state index contributed by atoms with van der Waals surface area (Å²) in [5, 5.41) is 0. The molecule has 1 aromatic heterocycles. The number of hydrogen-bond acceptors (Lipinski definition) is 3. The Labute approximate surface area is 124 Å². The predicted molar refractivity (Wildman–Crippen MR) is 81.0 cm³/mol. The molecule has 0 atom stereocenters. The standard InChI is InChI=1S/C17H20N2O2/c18-17(20)15-6-9-21-16(15)11-13-4-3-5-14(10-13)12-19-7-1-2-8-19/h3-6,9-10H,1-2,7-8,11-12H2,(H2,18,20). The van der Waals surface area contributed by atoms with Crippen LogP contribution in [0.25, 0.3) is 0 Å². The van der Waals surface area contributed by atoms with Gasteiger partial charge in [0, 0.05) is 13.0 Å². The van der Waals surface area contributed by atoms with E-state index in [1.807, 2.05) is 0 Å². The van der Waals surface area contributed by atoms with Gasteiger partial charge >= 0.3 is 0 Å². The fraction of sp³-hybridized carbons (Fsp3) is 0.353. The highest BCUT2D eigenvalue weighted by molar-refractivity contribution is 5.93. The molecule has 1 amide bonds. The smallest absolute Gasteiger partial charge is 0.252 e. The number of carbonyl (C=O) groups excluding carboxylic acids is 1. The molecule has 3 rings (SSSR count). The number of benzene rings is 1. The van der Waals surface area contributed by atoms with Crippen molar-refractivity contribution in [2.24, 2.45) is 5.73 Å². The second-order valence-electron chi connectivity index (χ2n) is 5.60. The summed E-state index contributed by atoms with van der Waals surface area (Å²) in [5.41, 5.74) is 8.27. The second kappa shape index (κ2) is 6.14. The first-order valence-corrected chi connectivity index (χ1v) is 7.39. The van der Waals surface area contributed by atoms with Gasteiger partial charge in [-0.3, -0.25) is 9.69 Å². The van der Waals surface area contributed by atoms with Crippen molar-refractivity contribution in [2.45, 2.75) is 25.8 Å². The maximum absolute atomic E-state index is 11.3. The molecular formula is C17H20N2O2. The highest BCUT2D eigenvalue weighted by Gasteiger charge is 2.14. The molecule has 1 fully saturated rings. The molecule has 0 unspecified atom stereocenters. The lowest BCUT2D eigenvalue weighted by molar-refractivity contribution is 0.0998. The number of amides is 1. The Kier molecular flexibility index (Phi) is 4.06. The van der Waals surface area contributed by atoms with Gasteiger partial charge < -0.3 is 10.2 Å². The monoisotopic (exact) mass is 284 g/mol. The van der Waals surface area contributed by atoms with Gasteiger partial charge in [-0.15, -0.1) is 0 Å². The minimum Gasteiger partial charge on any atom is -0.468 e. The van der Waals surface area contributed by atoms with Crippen LogP contribution in [-0.4, -0.2) is 23.9 Å². The Bertz CT molecular complexity index is 627. The van der Waals surface area contributed by atoms with Crippen molar-refractivity contribution >= 4 is 5.91 Å². The number of nitrogens with zero attached hydrogens (tertiary/aromatic N) is 1. The molecule has 4 nitrogen and oxygen atoms in total. The molecule has 110 valence electrons. The van der Waals surface area contributed by atoms with E-state index in [4.69, 9.17) is 10.2 Å². The summed E-state index contributed by atoms with van der Waals surface area (Å²) in [6.45, 7) is 3.37. The maximum Gasteiger partial charge on any atom is 0.252 e. The van der Waals surface area contributed by atoms with E-state index >= 15 is 0 Å². The first-order chi connectivity index (χ1) is 10.2. The number of furan rings is 1. The van der Waals surface area contributed by atoms with Gasteiger partial charge in [-0.25, -0.2) is 0 Å². The number of hydrogen-bond donors (Lipinski definition) is 1. The largest absolute Gasteiger partial charge is 0.468 e. The summed E-state index contributed by atoms with van der Waals surface area (Å²) in [6, 6.07) is 10.1. The number of primary amides is 1. The molecule has 0 radical (unpaired) electrons. The van der Waals surface area contributed by atoms with Crippen LogP contribution in [0.15, 0.2) is 41.0 Å². The Morgan fingerprint density at radius 2 is 1.95 bits per heavy atom. The summed E-state index contributed by atoms with van der Waals surface area (Å²) in [7, 11) is 0. The molecule has 0 spiro atoms. The van der Waals surface area contributed by atoms with Crippen LogP contribution in [0.1, 0.15) is 40.1 Å². The first-order valence-electron chi connectivity index (χ1n) is 7.39. The SMILES string of the molecule is NC(=O)c1ccoc1Cc1cccc(CN2CCCC2)c1. The van der Waals surface area contributed by atoms with Gasteiger partial charge in [-0.1, -0.05) is 24.3 Å². The molecule has 1 aliphatic heterocycles. The van der Waals surface area contributed by atoms with Crippen LogP contribution in [0.5, 0.6) is 0 Å². The summed E-state index contributed by atoms with van der Waals surface area (Å²) < 4.78 is 5.39. The lowest BCUT2D eigenvalue weighted by atomic mass is 10.0. The Morgan fingerprint density at radius 3 is 2.71 bits per heavy atom. The Balaban J connectivity index is 1.73. The van der Waals surface area contributed by atoms with Crippen LogP contribution in [0.3, 0.4) is 0 Å². The summed E-state index contributed by atoms with van der Waals surface area (Å²) in [6.07, 6.45) is 4.71. The molecule has 4 heteroatoms. The molecule has 2 N–H and O–H groups in total. The van der Waals surface area contributed by atoms with Crippen LogP contribution < -0.4 is 5.73 Å². The normalized spacial score (nSPS) is 15.4. The lowest BCUT2D eigenvalue weighted by Crippen LogP contribution is -2.18. The van der Waals surface area contributed by atoms with Gasteiger partial charge in [0.05, 0.1) is 11.8 Å². The first kappa shape index (κ1) is 13.9. The van der Waals surface area contributed by atoms with E-state index in [9.17, 15) is 4.79 Å². The third kappa shape index (κ3) is 3.34. The van der Waals surface area contributed by atoms with Crippen LogP contribution in [-0.2, 0) is 13.0 Å². The quantitative estimate of drug-likeness (QED) is 0.918. The second-order valence-corrected chi connectivity index (χ2v) is 5.60. The van der Waals surface area contributed by atoms with E-state index in [2.05, 4.69) is 29.2 Å². The minimum atomic E-state index is -0.438. The summed E-state index contributed by atoms with van der Waals surface area (Å²) in [4.78, 5) is 13.8. The third-order valence-corrected chi connectivity index (χ3v) is 3.97. The van der Waals surface area contributed by atoms with E-state index < -0.39 is 5.91 Å². The summed E-state index contributed by atoms with van der Waals surface area (Å²) in [5.74, 6) is 0.202. The zero-order valence-corrected chi connectivity index (χ0v) is 12.0.